The molecule has 9 nitrogen and oxygen atoms in total. The van der Waals surface area contributed by atoms with Gasteiger partial charge in [-0.05, 0) is 42.9 Å². The molecule has 1 fully saturated rings. The van der Waals surface area contributed by atoms with Crippen molar-refractivity contribution in [1.29, 1.82) is 0 Å². The van der Waals surface area contributed by atoms with Gasteiger partial charge in [0.2, 0.25) is 5.91 Å². The molecule has 3 heterocycles. The highest BCUT2D eigenvalue weighted by atomic mass is 32.2. The smallest absolute Gasteiger partial charge is 0.338 e. The first-order valence-electron chi connectivity index (χ1n) is 13.2. The second kappa shape index (κ2) is 12.6. The molecule has 2 aromatic carbocycles. The third-order valence-corrected chi connectivity index (χ3v) is 7.95. The number of carbonyl (C=O) groups is 2. The highest BCUT2D eigenvalue weighted by molar-refractivity contribution is 8.16. The number of nitrogens with one attached hydrogen (secondary N) is 1. The summed E-state index contributed by atoms with van der Waals surface area (Å²) in [6.45, 7) is 3.14. The Labute approximate surface area is 238 Å². The molecule has 2 aromatic rings. The van der Waals surface area contributed by atoms with Crippen LogP contribution in [0.3, 0.4) is 0 Å². The van der Waals surface area contributed by atoms with Crippen molar-refractivity contribution in [2.24, 2.45) is 4.99 Å². The monoisotopic (exact) mass is 563 g/mol. The summed E-state index contributed by atoms with van der Waals surface area (Å²) >= 11 is 1.42. The van der Waals surface area contributed by atoms with E-state index in [1.807, 2.05) is 52.8 Å². The van der Waals surface area contributed by atoms with Crippen molar-refractivity contribution >= 4 is 28.8 Å². The number of thioether (sulfide) groups is 1. The van der Waals surface area contributed by atoms with Crippen molar-refractivity contribution in [1.82, 2.24) is 10.2 Å². The number of hydrogen-bond acceptors (Lipinski definition) is 9. The van der Waals surface area contributed by atoms with Crippen LogP contribution >= 0.6 is 11.8 Å². The molecule has 3 aliphatic heterocycles. The molecular weight excluding hydrogens is 530 g/mol. The van der Waals surface area contributed by atoms with E-state index in [1.54, 1.807) is 27.2 Å². The Morgan fingerprint density at radius 3 is 2.70 bits per heavy atom. The third-order valence-electron chi connectivity index (χ3n) is 7.06. The second-order valence-electron chi connectivity index (χ2n) is 9.68. The predicted octanol–water partition coefficient (Wildman–Crippen LogP) is 4.71. The quantitative estimate of drug-likeness (QED) is 0.415. The largest absolute Gasteiger partial charge is 0.497 e. The average Bonchev–Trinajstić information content (AvgIpc) is 3.64. The molecule has 1 amide bonds. The van der Waals surface area contributed by atoms with Gasteiger partial charge in [-0.2, -0.15) is 0 Å². The molecule has 0 aromatic heterocycles. The number of rotatable bonds is 10. The molecule has 5 rings (SSSR count). The zero-order valence-corrected chi connectivity index (χ0v) is 23.7. The summed E-state index contributed by atoms with van der Waals surface area (Å²) in [5, 5.41) is 5.59. The molecular formula is C30H33N3O6S. The maximum Gasteiger partial charge on any atom is 0.338 e. The number of esters is 1. The van der Waals surface area contributed by atoms with Crippen LogP contribution in [0, 0.1) is 0 Å². The number of nitrogens with zero attached hydrogens (tertiary/aromatic N) is 2. The molecule has 2 atom stereocenters. The summed E-state index contributed by atoms with van der Waals surface area (Å²) < 4.78 is 22.6. The van der Waals surface area contributed by atoms with Gasteiger partial charge >= 0.3 is 5.97 Å². The summed E-state index contributed by atoms with van der Waals surface area (Å²) in [5.41, 5.74) is 3.29. The highest BCUT2D eigenvalue weighted by Crippen LogP contribution is 2.47. The van der Waals surface area contributed by atoms with Crippen LogP contribution in [0.25, 0.3) is 0 Å². The standard InChI is InChI=1S/C30H33N3O6S/c1-19-27(29(35)39-17-20-8-5-4-6-9-20)28(24-12-11-22(36-2)15-25(24)37-3)33-21(18-40-30(33)32-19)14-26(34)31-16-23-10-7-13-38-23/h4-6,8-9,11-12,15,18,23,28H,7,10,13-14,16-17H2,1-3H3,(H,31,34)/t23-,28+/m0/s1. The lowest BCUT2D eigenvalue weighted by Crippen LogP contribution is -2.39. The number of amidine groups is 1. The first-order valence-corrected chi connectivity index (χ1v) is 14.1. The van der Waals surface area contributed by atoms with Crippen LogP contribution in [0.4, 0.5) is 0 Å². The lowest BCUT2D eigenvalue weighted by atomic mass is 9.93. The highest BCUT2D eigenvalue weighted by Gasteiger charge is 2.42. The normalized spacial score (nSPS) is 20.0. The van der Waals surface area contributed by atoms with E-state index < -0.39 is 12.0 Å². The SMILES string of the molecule is COc1ccc([C@@H]2C(C(=O)OCc3ccccc3)=C(C)N=C3SC=C(CC(=O)NC[C@@H]4CCCO4)N32)c(OC)c1. The molecule has 3 aliphatic rings. The number of ether oxygens (including phenoxy) is 4. The van der Waals surface area contributed by atoms with Crippen LogP contribution in [-0.4, -0.2) is 55.4 Å². The minimum atomic E-state index is -0.621. The number of methoxy groups -OCH3 is 2. The van der Waals surface area contributed by atoms with E-state index in [0.717, 1.165) is 36.3 Å². The number of aliphatic imine (C=N–C) groups is 1. The van der Waals surface area contributed by atoms with Crippen LogP contribution < -0.4 is 14.8 Å². The summed E-state index contributed by atoms with van der Waals surface area (Å²) in [6.07, 6.45) is 2.13. The topological polar surface area (TPSA) is 98.7 Å². The Morgan fingerprint density at radius 1 is 1.15 bits per heavy atom. The minimum absolute atomic E-state index is 0.0517. The van der Waals surface area contributed by atoms with Gasteiger partial charge in [-0.1, -0.05) is 42.1 Å². The molecule has 0 spiro atoms. The van der Waals surface area contributed by atoms with Crippen molar-refractivity contribution in [3.8, 4) is 11.5 Å². The lowest BCUT2D eigenvalue weighted by Gasteiger charge is -2.36. The molecule has 0 unspecified atom stereocenters. The van der Waals surface area contributed by atoms with Crippen molar-refractivity contribution < 1.29 is 28.5 Å². The number of fused-ring (bicyclic) bond motifs is 1. The average molecular weight is 564 g/mol. The van der Waals surface area contributed by atoms with Crippen molar-refractivity contribution in [2.75, 3.05) is 27.4 Å². The molecule has 1 saturated heterocycles. The first-order chi connectivity index (χ1) is 19.5. The number of allylic oxidation sites excluding steroid dienone is 1. The van der Waals surface area contributed by atoms with E-state index >= 15 is 0 Å². The number of hydrogen-bond donors (Lipinski definition) is 1. The Hall–Kier alpha value is -3.76. The zero-order valence-electron chi connectivity index (χ0n) is 22.8. The molecule has 0 saturated carbocycles. The molecule has 0 aliphatic carbocycles. The molecule has 0 radical (unpaired) electrons. The van der Waals surface area contributed by atoms with Gasteiger partial charge in [0.1, 0.15) is 18.1 Å². The van der Waals surface area contributed by atoms with Gasteiger partial charge < -0.3 is 29.2 Å². The molecule has 40 heavy (non-hydrogen) atoms. The van der Waals surface area contributed by atoms with Crippen LogP contribution in [0.5, 0.6) is 11.5 Å². The van der Waals surface area contributed by atoms with Gasteiger partial charge in [0.05, 0.1) is 44.1 Å². The van der Waals surface area contributed by atoms with Crippen LogP contribution in [0.2, 0.25) is 0 Å². The number of amides is 1. The van der Waals surface area contributed by atoms with E-state index in [0.29, 0.717) is 34.5 Å². The van der Waals surface area contributed by atoms with Crippen LogP contribution in [0.1, 0.15) is 43.4 Å². The van der Waals surface area contributed by atoms with Gasteiger partial charge in [0.15, 0.2) is 5.17 Å². The zero-order chi connectivity index (χ0) is 28.1. The van der Waals surface area contributed by atoms with Gasteiger partial charge in [-0.15, -0.1) is 0 Å². The molecule has 1 N–H and O–H groups in total. The fourth-order valence-electron chi connectivity index (χ4n) is 5.03. The maximum absolute atomic E-state index is 13.7. The summed E-state index contributed by atoms with van der Waals surface area (Å²) in [4.78, 5) is 33.4. The van der Waals surface area contributed by atoms with Gasteiger partial charge in [0, 0.05) is 30.5 Å². The fourth-order valence-corrected chi connectivity index (χ4v) is 5.99. The van der Waals surface area contributed by atoms with Crippen LogP contribution in [0.15, 0.2) is 75.9 Å². The van der Waals surface area contributed by atoms with E-state index in [4.69, 9.17) is 23.9 Å². The fraction of sp³-hybridized carbons (Fsp3) is 0.367. The van der Waals surface area contributed by atoms with E-state index in [2.05, 4.69) is 5.32 Å². The maximum atomic E-state index is 13.7. The third kappa shape index (κ3) is 6.03. The summed E-state index contributed by atoms with van der Waals surface area (Å²) in [7, 11) is 3.16. The summed E-state index contributed by atoms with van der Waals surface area (Å²) in [6, 6.07) is 14.4. The number of carbonyl (C=O) groups excluding carboxylic acids is 2. The Kier molecular flexibility index (Phi) is 8.76. The predicted molar refractivity (Wildman–Crippen MR) is 153 cm³/mol. The summed E-state index contributed by atoms with van der Waals surface area (Å²) in [5.74, 6) is 0.569. The van der Waals surface area contributed by atoms with Gasteiger partial charge in [-0.25, -0.2) is 9.79 Å². The van der Waals surface area contributed by atoms with E-state index in [1.165, 1.54) is 11.8 Å². The second-order valence-corrected chi connectivity index (χ2v) is 10.5. The molecule has 210 valence electrons. The Balaban J connectivity index is 1.45. The van der Waals surface area contributed by atoms with Gasteiger partial charge in [0.25, 0.3) is 0 Å². The Bertz CT molecular complexity index is 1350. The Morgan fingerprint density at radius 2 is 1.98 bits per heavy atom. The van der Waals surface area contributed by atoms with Gasteiger partial charge in [-0.3, -0.25) is 4.79 Å². The first kappa shape index (κ1) is 27.8. The van der Waals surface area contributed by atoms with E-state index in [9.17, 15) is 9.59 Å². The van der Waals surface area contributed by atoms with E-state index in [-0.39, 0.29) is 25.0 Å². The number of benzene rings is 2. The van der Waals surface area contributed by atoms with Crippen molar-refractivity contribution in [2.45, 2.75) is 44.9 Å². The minimum Gasteiger partial charge on any atom is -0.497 e. The lowest BCUT2D eigenvalue weighted by molar-refractivity contribution is -0.141. The molecule has 10 heteroatoms. The van der Waals surface area contributed by atoms with Crippen LogP contribution in [-0.2, 0) is 25.7 Å². The van der Waals surface area contributed by atoms with Crippen molar-refractivity contribution in [3.05, 3.63) is 82.0 Å². The molecule has 0 bridgehead atoms. The van der Waals surface area contributed by atoms with Crippen molar-refractivity contribution in [3.63, 3.8) is 0 Å².